The van der Waals surface area contributed by atoms with E-state index in [0.717, 1.165) is 24.9 Å². The summed E-state index contributed by atoms with van der Waals surface area (Å²) in [6.45, 7) is 1.56. The van der Waals surface area contributed by atoms with E-state index in [1.807, 2.05) is 6.07 Å². The topological polar surface area (TPSA) is 136 Å². The number of amides is 1. The van der Waals surface area contributed by atoms with Crippen LogP contribution >= 0.6 is 15.9 Å². The van der Waals surface area contributed by atoms with Gasteiger partial charge in [-0.15, -0.1) is 0 Å². The fourth-order valence-corrected chi connectivity index (χ4v) is 7.91. The second-order valence-electron chi connectivity index (χ2n) is 11.4. The van der Waals surface area contributed by atoms with Crippen molar-refractivity contribution in [2.45, 2.75) is 55.3 Å². The second kappa shape index (κ2) is 8.03. The third-order valence-corrected chi connectivity index (χ3v) is 9.91. The molecule has 1 spiro atoms. The number of piperidine rings is 1. The van der Waals surface area contributed by atoms with Crippen molar-refractivity contribution in [3.63, 3.8) is 0 Å². The molecule has 1 amide bonds. The van der Waals surface area contributed by atoms with Gasteiger partial charge in [-0.1, -0.05) is 22.0 Å². The van der Waals surface area contributed by atoms with Crippen LogP contribution in [0, 0.1) is 11.8 Å². The third-order valence-electron chi connectivity index (χ3n) is 9.42. The lowest BCUT2D eigenvalue weighted by molar-refractivity contribution is -0.197. The van der Waals surface area contributed by atoms with Crippen LogP contribution in [0.15, 0.2) is 34.8 Å². The maximum atomic E-state index is 14.0. The smallest absolute Gasteiger partial charge is 0.337 e. The van der Waals surface area contributed by atoms with E-state index in [1.54, 1.807) is 12.1 Å². The highest BCUT2D eigenvalue weighted by atomic mass is 79.9. The number of carboxylic acid groups (broad SMARTS) is 1. The van der Waals surface area contributed by atoms with Gasteiger partial charge in [0.1, 0.15) is 5.92 Å². The number of Topliss-reactive ketones (excluding diaryl/α,β-unsaturated/α-hetero) is 1. The third kappa shape index (κ3) is 3.14. The van der Waals surface area contributed by atoms with Crippen molar-refractivity contribution in [2.75, 3.05) is 18.4 Å². The molecule has 3 aliphatic carbocycles. The Kier molecular flexibility index (Phi) is 5.10. The standard InChI is InChI=1S/C28H27BrN2O7/c29-15-4-5-18(16(10-15)26(35)36)30-25(34)17-11-28(37)20-9-14-3-6-19(32)23-21(14)27(28,24(38-23)22(17)33)7-8-31(20)12-13-1-2-13/h3-6,10,13,17,20,24,32,37H,1-2,7-9,11-12H2,(H,30,34)(H,35,36)/t17?,20-,24+,27+,28-/m1/s1. The van der Waals surface area contributed by atoms with Gasteiger partial charge < -0.3 is 25.4 Å². The van der Waals surface area contributed by atoms with Crippen molar-refractivity contribution in [1.82, 2.24) is 4.90 Å². The van der Waals surface area contributed by atoms with Crippen LogP contribution in [0.5, 0.6) is 11.5 Å². The molecule has 9 nitrogen and oxygen atoms in total. The van der Waals surface area contributed by atoms with Gasteiger partial charge in [-0.05, 0) is 74.4 Å². The fourth-order valence-electron chi connectivity index (χ4n) is 7.55. The Labute approximate surface area is 226 Å². The molecule has 2 saturated carbocycles. The number of halogens is 1. The number of aromatic carboxylic acids is 1. The van der Waals surface area contributed by atoms with Crippen LogP contribution in [0.25, 0.3) is 0 Å². The Balaban J connectivity index is 1.30. The molecular formula is C28H27BrN2O7. The van der Waals surface area contributed by atoms with Crippen molar-refractivity contribution in [3.8, 4) is 11.5 Å². The molecule has 2 aromatic rings. The largest absolute Gasteiger partial charge is 0.504 e. The van der Waals surface area contributed by atoms with E-state index < -0.39 is 40.7 Å². The van der Waals surface area contributed by atoms with Crippen LogP contribution in [0.2, 0.25) is 0 Å². The molecule has 4 N–H and O–H groups in total. The molecule has 198 valence electrons. The monoisotopic (exact) mass is 582 g/mol. The number of benzene rings is 2. The van der Waals surface area contributed by atoms with Crippen molar-refractivity contribution in [3.05, 3.63) is 51.5 Å². The highest BCUT2D eigenvalue weighted by Crippen LogP contribution is 2.65. The summed E-state index contributed by atoms with van der Waals surface area (Å²) in [5, 5.41) is 35.6. The zero-order valence-corrected chi connectivity index (χ0v) is 22.0. The molecule has 2 aromatic carbocycles. The Morgan fingerprint density at radius 3 is 2.74 bits per heavy atom. The summed E-state index contributed by atoms with van der Waals surface area (Å²) in [6, 6.07) is 7.58. The molecule has 1 unspecified atom stereocenters. The lowest BCUT2D eigenvalue weighted by atomic mass is 9.47. The van der Waals surface area contributed by atoms with Crippen LogP contribution in [0.4, 0.5) is 5.69 Å². The molecule has 38 heavy (non-hydrogen) atoms. The molecule has 2 aliphatic heterocycles. The number of ether oxygens (including phenoxy) is 1. The first-order chi connectivity index (χ1) is 18.1. The zero-order chi connectivity index (χ0) is 26.6. The molecule has 2 heterocycles. The molecule has 2 bridgehead atoms. The van der Waals surface area contributed by atoms with Crippen LogP contribution < -0.4 is 10.1 Å². The first-order valence-electron chi connectivity index (χ1n) is 13.0. The molecular weight excluding hydrogens is 556 g/mol. The number of aliphatic hydroxyl groups is 1. The minimum atomic E-state index is -1.44. The number of aromatic hydroxyl groups is 1. The SMILES string of the molecule is O=C(O)c1cc(Br)ccc1NC(=O)C1C[C@@]2(O)[C@H]3Cc4ccc(O)c5c4[C@@]2(CCN3CC2CC2)[C@@H](O5)C1=O. The van der Waals surface area contributed by atoms with E-state index in [-0.39, 0.29) is 35.2 Å². The summed E-state index contributed by atoms with van der Waals surface area (Å²) < 4.78 is 6.70. The number of phenols is 1. The van der Waals surface area contributed by atoms with Crippen LogP contribution in [-0.4, -0.2) is 68.7 Å². The number of hydrogen-bond donors (Lipinski definition) is 4. The van der Waals surface area contributed by atoms with Gasteiger partial charge in [-0.3, -0.25) is 14.5 Å². The first kappa shape index (κ1) is 24.1. The fraction of sp³-hybridized carbons (Fsp3) is 0.464. The van der Waals surface area contributed by atoms with E-state index in [2.05, 4.69) is 26.1 Å². The highest BCUT2D eigenvalue weighted by molar-refractivity contribution is 9.10. The van der Waals surface area contributed by atoms with E-state index in [9.17, 15) is 29.7 Å². The normalized spacial score (nSPS) is 32.9. The summed E-state index contributed by atoms with van der Waals surface area (Å²) in [6.07, 6.45) is 2.12. The Morgan fingerprint density at radius 2 is 2.00 bits per heavy atom. The number of carbonyl (C=O) groups excluding carboxylic acids is 2. The first-order valence-corrected chi connectivity index (χ1v) is 13.8. The molecule has 10 heteroatoms. The number of hydrogen-bond acceptors (Lipinski definition) is 7. The number of nitrogens with zero attached hydrogens (tertiary/aromatic N) is 1. The maximum absolute atomic E-state index is 14.0. The van der Waals surface area contributed by atoms with Gasteiger partial charge in [-0.2, -0.15) is 0 Å². The van der Waals surface area contributed by atoms with Crippen molar-refractivity contribution in [2.24, 2.45) is 11.8 Å². The van der Waals surface area contributed by atoms with Gasteiger partial charge in [0.25, 0.3) is 0 Å². The Bertz CT molecular complexity index is 1420. The Morgan fingerprint density at radius 1 is 1.21 bits per heavy atom. The van der Waals surface area contributed by atoms with E-state index in [0.29, 0.717) is 35.3 Å². The molecule has 0 aromatic heterocycles. The van der Waals surface area contributed by atoms with Gasteiger partial charge >= 0.3 is 5.97 Å². The predicted octanol–water partition coefficient (Wildman–Crippen LogP) is 2.85. The van der Waals surface area contributed by atoms with Crippen LogP contribution in [0.1, 0.15) is 47.2 Å². The number of carbonyl (C=O) groups is 3. The van der Waals surface area contributed by atoms with Crippen molar-refractivity contribution in [1.29, 1.82) is 0 Å². The summed E-state index contributed by atoms with van der Waals surface area (Å²) in [5.74, 6) is -2.85. The van der Waals surface area contributed by atoms with E-state index in [4.69, 9.17) is 4.74 Å². The summed E-state index contributed by atoms with van der Waals surface area (Å²) in [4.78, 5) is 41.7. The lowest BCUT2D eigenvalue weighted by Crippen LogP contribution is -2.78. The van der Waals surface area contributed by atoms with E-state index >= 15 is 0 Å². The average Bonchev–Trinajstić information content (AvgIpc) is 3.62. The van der Waals surface area contributed by atoms with Gasteiger partial charge in [0.2, 0.25) is 5.91 Å². The van der Waals surface area contributed by atoms with Gasteiger partial charge in [0, 0.05) is 22.6 Å². The number of phenolic OH excluding ortho intramolecular Hbond substituents is 1. The predicted molar refractivity (Wildman–Crippen MR) is 138 cm³/mol. The number of carboxylic acids is 1. The molecule has 1 saturated heterocycles. The molecule has 3 fully saturated rings. The Hall–Kier alpha value is -2.95. The van der Waals surface area contributed by atoms with Gasteiger partial charge in [0.15, 0.2) is 23.4 Å². The van der Waals surface area contributed by atoms with Crippen molar-refractivity contribution >= 4 is 39.3 Å². The molecule has 5 aliphatic rings. The summed E-state index contributed by atoms with van der Waals surface area (Å²) in [5.41, 5.74) is -0.859. The van der Waals surface area contributed by atoms with E-state index in [1.165, 1.54) is 12.1 Å². The zero-order valence-electron chi connectivity index (χ0n) is 20.4. The van der Waals surface area contributed by atoms with Gasteiger partial charge in [-0.25, -0.2) is 4.79 Å². The lowest BCUT2D eigenvalue weighted by Gasteiger charge is -2.63. The highest BCUT2D eigenvalue weighted by Gasteiger charge is 2.75. The maximum Gasteiger partial charge on any atom is 0.337 e. The number of anilines is 1. The second-order valence-corrected chi connectivity index (χ2v) is 12.3. The van der Waals surface area contributed by atoms with Crippen LogP contribution in [-0.2, 0) is 21.4 Å². The quantitative estimate of drug-likeness (QED) is 0.395. The number of rotatable bonds is 5. The van der Waals surface area contributed by atoms with Gasteiger partial charge in [0.05, 0.1) is 22.3 Å². The molecule has 0 radical (unpaired) electrons. The summed E-state index contributed by atoms with van der Waals surface area (Å²) in [7, 11) is 0. The molecule has 7 rings (SSSR count). The minimum Gasteiger partial charge on any atom is -0.504 e. The number of ketones is 1. The van der Waals surface area contributed by atoms with Crippen molar-refractivity contribution < 1.29 is 34.4 Å². The minimum absolute atomic E-state index is 0.0699. The molecule has 5 atom stereocenters. The average molecular weight is 583 g/mol. The summed E-state index contributed by atoms with van der Waals surface area (Å²) >= 11 is 3.25. The van der Waals surface area contributed by atoms with Crippen LogP contribution in [0.3, 0.4) is 0 Å². The number of likely N-dealkylation sites (tertiary alicyclic amines) is 1. The number of nitrogens with one attached hydrogen (secondary N) is 1.